The highest BCUT2D eigenvalue weighted by Gasteiger charge is 1.96. The van der Waals surface area contributed by atoms with E-state index in [9.17, 15) is 4.39 Å². The molecule has 2 atom stereocenters. The van der Waals surface area contributed by atoms with E-state index in [1.165, 1.54) is 12.6 Å². The first-order valence-corrected chi connectivity index (χ1v) is 4.39. The summed E-state index contributed by atoms with van der Waals surface area (Å²) in [5.41, 5.74) is 0.315. The van der Waals surface area contributed by atoms with Gasteiger partial charge in [-0.05, 0) is 6.16 Å². The van der Waals surface area contributed by atoms with Gasteiger partial charge in [-0.1, -0.05) is 20.3 Å². The maximum absolute atomic E-state index is 11.7. The van der Waals surface area contributed by atoms with Crippen LogP contribution in [0.5, 0.6) is 0 Å². The fraction of sp³-hybridized carbons (Fsp3) is 1.00. The van der Waals surface area contributed by atoms with Gasteiger partial charge in [0.05, 0.1) is 6.67 Å². The van der Waals surface area contributed by atoms with Gasteiger partial charge in [-0.2, -0.15) is 0 Å². The Morgan fingerprint density at radius 3 is 2.62 bits per heavy atom. The van der Waals surface area contributed by atoms with E-state index in [-0.39, 0.29) is 6.67 Å². The monoisotopic (exact) mass is 136 g/mol. The van der Waals surface area contributed by atoms with Crippen LogP contribution in [0.2, 0.25) is 0 Å². The predicted octanol–water partition coefficient (Wildman–Crippen LogP) is 2.43. The quantitative estimate of drug-likeness (QED) is 0.521. The first-order chi connectivity index (χ1) is 3.81. The molecule has 0 aromatic carbocycles. The van der Waals surface area contributed by atoms with Crippen LogP contribution in [-0.4, -0.2) is 18.5 Å². The van der Waals surface area contributed by atoms with E-state index >= 15 is 0 Å². The first kappa shape index (κ1) is 8.36. The molecule has 8 heavy (non-hydrogen) atoms. The van der Waals surface area contributed by atoms with Crippen molar-refractivity contribution in [3.05, 3.63) is 0 Å². The van der Waals surface area contributed by atoms with Crippen molar-refractivity contribution in [3.63, 3.8) is 0 Å². The van der Waals surface area contributed by atoms with Gasteiger partial charge in [-0.25, -0.2) is 0 Å². The Bertz CT molecular complexity index is 47.8. The van der Waals surface area contributed by atoms with Crippen molar-refractivity contribution in [3.8, 4) is 0 Å². The van der Waals surface area contributed by atoms with Gasteiger partial charge in [0, 0.05) is 5.66 Å². The van der Waals surface area contributed by atoms with Crippen molar-refractivity contribution >= 4 is 8.58 Å². The first-order valence-electron chi connectivity index (χ1n) is 3.10. The van der Waals surface area contributed by atoms with E-state index in [0.29, 0.717) is 5.66 Å². The molecule has 0 aliphatic carbocycles. The van der Waals surface area contributed by atoms with Crippen LogP contribution in [0.3, 0.4) is 0 Å². The van der Waals surface area contributed by atoms with Crippen molar-refractivity contribution in [2.75, 3.05) is 12.8 Å². The molecule has 0 aromatic heterocycles. The number of hydrogen-bond donors (Lipinski definition) is 0. The molecule has 0 heterocycles. The maximum Gasteiger partial charge on any atom is 0.0956 e. The second kappa shape index (κ2) is 5.50. The van der Waals surface area contributed by atoms with Crippen LogP contribution in [-0.2, 0) is 0 Å². The summed E-state index contributed by atoms with van der Waals surface area (Å²) in [5, 5.41) is 0. The smallest absolute Gasteiger partial charge is 0.0956 e. The van der Waals surface area contributed by atoms with E-state index < -0.39 is 0 Å². The minimum atomic E-state index is -0.140. The van der Waals surface area contributed by atoms with Gasteiger partial charge in [0.1, 0.15) is 0 Å². The Kier molecular flexibility index (Phi) is 5.74. The molecule has 0 radical (unpaired) electrons. The van der Waals surface area contributed by atoms with Crippen LogP contribution in [0.25, 0.3) is 0 Å². The van der Waals surface area contributed by atoms with Gasteiger partial charge in [0.2, 0.25) is 0 Å². The molecule has 0 aliphatic rings. The minimum Gasteiger partial charge on any atom is -0.250 e. The zero-order valence-corrected chi connectivity index (χ0v) is 6.58. The Labute approximate surface area is 52.6 Å². The van der Waals surface area contributed by atoms with Gasteiger partial charge in [-0.3, -0.25) is 4.39 Å². The summed E-state index contributed by atoms with van der Waals surface area (Å²) in [7, 11) is 0.831. The van der Waals surface area contributed by atoms with Crippen molar-refractivity contribution in [1.82, 2.24) is 0 Å². The highest BCUT2D eigenvalue weighted by Crippen LogP contribution is 2.18. The van der Waals surface area contributed by atoms with E-state index in [1.807, 2.05) is 6.92 Å². The Balaban J connectivity index is 2.86. The molecule has 2 unspecified atom stereocenters. The van der Waals surface area contributed by atoms with Gasteiger partial charge in [0.15, 0.2) is 0 Å². The molecule has 0 fully saturated rings. The van der Waals surface area contributed by atoms with Crippen LogP contribution in [0, 0.1) is 0 Å². The molecular weight excluding hydrogens is 122 g/mol. The highest BCUT2D eigenvalue weighted by atomic mass is 31.1. The summed E-state index contributed by atoms with van der Waals surface area (Å²) in [5.74, 6) is 0. The molecule has 0 saturated heterocycles. The second-order valence-electron chi connectivity index (χ2n) is 2.01. The van der Waals surface area contributed by atoms with Gasteiger partial charge >= 0.3 is 0 Å². The Morgan fingerprint density at radius 1 is 1.62 bits per heavy atom. The topological polar surface area (TPSA) is 0 Å². The number of halogens is 1. The van der Waals surface area contributed by atoms with Crippen molar-refractivity contribution in [2.45, 2.75) is 25.9 Å². The SMILES string of the molecule is CCCPC(C)CF. The van der Waals surface area contributed by atoms with Gasteiger partial charge in [-0.15, -0.1) is 8.58 Å². The fourth-order valence-electron chi connectivity index (χ4n) is 0.445. The van der Waals surface area contributed by atoms with Crippen LogP contribution in [0.15, 0.2) is 0 Å². The molecule has 0 amide bonds. The number of alkyl halides is 1. The van der Waals surface area contributed by atoms with Crippen LogP contribution < -0.4 is 0 Å². The third-order valence-electron chi connectivity index (χ3n) is 0.974. The second-order valence-corrected chi connectivity index (χ2v) is 3.90. The van der Waals surface area contributed by atoms with Crippen LogP contribution in [0.1, 0.15) is 20.3 Å². The standard InChI is InChI=1S/C6H14FP/c1-3-4-8-6(2)5-7/h6,8H,3-5H2,1-2H3. The zero-order chi connectivity index (χ0) is 6.41. The lowest BCUT2D eigenvalue weighted by Gasteiger charge is -2.02. The largest absolute Gasteiger partial charge is 0.250 e. The summed E-state index contributed by atoms with van der Waals surface area (Å²) in [6.07, 6.45) is 2.40. The summed E-state index contributed by atoms with van der Waals surface area (Å²) >= 11 is 0. The summed E-state index contributed by atoms with van der Waals surface area (Å²) in [6, 6.07) is 0. The molecule has 0 saturated carbocycles. The molecule has 0 rings (SSSR count). The maximum atomic E-state index is 11.7. The normalized spacial score (nSPS) is 15.4. The van der Waals surface area contributed by atoms with Crippen molar-refractivity contribution in [2.24, 2.45) is 0 Å². The molecule has 2 heteroatoms. The molecule has 0 aromatic rings. The van der Waals surface area contributed by atoms with E-state index in [2.05, 4.69) is 6.92 Å². The third-order valence-corrected chi connectivity index (χ3v) is 2.61. The van der Waals surface area contributed by atoms with E-state index in [4.69, 9.17) is 0 Å². The lowest BCUT2D eigenvalue weighted by Crippen LogP contribution is -1.95. The molecule has 0 spiro atoms. The minimum absolute atomic E-state index is 0.140. The molecule has 0 aliphatic heterocycles. The highest BCUT2D eigenvalue weighted by molar-refractivity contribution is 7.38. The molecular formula is C6H14FP. The summed E-state index contributed by atoms with van der Waals surface area (Å²) < 4.78 is 11.7. The van der Waals surface area contributed by atoms with Gasteiger partial charge in [0.25, 0.3) is 0 Å². The summed E-state index contributed by atoms with van der Waals surface area (Å²) in [6.45, 7) is 3.96. The molecule has 0 nitrogen and oxygen atoms in total. The number of rotatable bonds is 4. The fourth-order valence-corrected chi connectivity index (χ4v) is 1.34. The third kappa shape index (κ3) is 4.52. The molecule has 50 valence electrons. The van der Waals surface area contributed by atoms with E-state index in [1.54, 1.807) is 0 Å². The zero-order valence-electron chi connectivity index (χ0n) is 5.58. The van der Waals surface area contributed by atoms with E-state index in [0.717, 1.165) is 8.58 Å². The predicted molar refractivity (Wildman–Crippen MR) is 38.9 cm³/mol. The lowest BCUT2D eigenvalue weighted by molar-refractivity contribution is 0.493. The average Bonchev–Trinajstić information content (AvgIpc) is 1.83. The Hall–Kier alpha value is 0.360. The molecule has 0 bridgehead atoms. The number of hydrogen-bond acceptors (Lipinski definition) is 0. The van der Waals surface area contributed by atoms with Crippen LogP contribution >= 0.6 is 8.58 Å². The lowest BCUT2D eigenvalue weighted by atomic mass is 10.5. The van der Waals surface area contributed by atoms with Crippen LogP contribution in [0.4, 0.5) is 4.39 Å². The molecule has 0 N–H and O–H groups in total. The van der Waals surface area contributed by atoms with Gasteiger partial charge < -0.3 is 0 Å². The summed E-state index contributed by atoms with van der Waals surface area (Å²) in [4.78, 5) is 0. The van der Waals surface area contributed by atoms with Crippen molar-refractivity contribution < 1.29 is 4.39 Å². The van der Waals surface area contributed by atoms with Crippen molar-refractivity contribution in [1.29, 1.82) is 0 Å². The Morgan fingerprint density at radius 2 is 2.25 bits per heavy atom. The average molecular weight is 136 g/mol.